The summed E-state index contributed by atoms with van der Waals surface area (Å²) in [6, 6.07) is 9.72. The van der Waals surface area contributed by atoms with Crippen LogP contribution in [0.4, 0.5) is 4.79 Å². The zero-order valence-electron chi connectivity index (χ0n) is 10.7. The molecule has 5 nitrogen and oxygen atoms in total. The highest BCUT2D eigenvalue weighted by molar-refractivity contribution is 5.64. The summed E-state index contributed by atoms with van der Waals surface area (Å²) in [5.41, 5.74) is 1.69. The summed E-state index contributed by atoms with van der Waals surface area (Å²) in [6.45, 7) is 2.34. The lowest BCUT2D eigenvalue weighted by atomic mass is 10.0. The number of benzene rings is 1. The summed E-state index contributed by atoms with van der Waals surface area (Å²) in [7, 11) is 0. The van der Waals surface area contributed by atoms with Crippen molar-refractivity contribution in [2.75, 3.05) is 13.1 Å². The highest BCUT2D eigenvalue weighted by Crippen LogP contribution is 2.16. The topological polar surface area (TPSA) is 76.4 Å². The monoisotopic (exact) mass is 259 g/mol. The maximum Gasteiger partial charge on any atom is 0.404 e. The van der Waals surface area contributed by atoms with Crippen molar-refractivity contribution in [1.29, 1.82) is 5.26 Å². The van der Waals surface area contributed by atoms with Gasteiger partial charge in [0.1, 0.15) is 0 Å². The lowest BCUT2D eigenvalue weighted by molar-refractivity contribution is 0.160. The fraction of sp³-hybridized carbons (Fsp3) is 0.429. The maximum atomic E-state index is 10.7. The number of amides is 1. The first-order valence-corrected chi connectivity index (χ1v) is 6.39. The Bertz CT molecular complexity index is 496. The van der Waals surface area contributed by atoms with Gasteiger partial charge in [-0.15, -0.1) is 0 Å². The van der Waals surface area contributed by atoms with E-state index in [-0.39, 0.29) is 6.04 Å². The number of rotatable bonds is 3. The summed E-state index contributed by atoms with van der Waals surface area (Å²) in [4.78, 5) is 12.9. The van der Waals surface area contributed by atoms with Gasteiger partial charge in [-0.25, -0.2) is 4.79 Å². The average molecular weight is 259 g/mol. The normalized spacial score (nSPS) is 19.6. The van der Waals surface area contributed by atoms with Crippen LogP contribution in [0.2, 0.25) is 0 Å². The van der Waals surface area contributed by atoms with Crippen molar-refractivity contribution in [2.45, 2.75) is 25.4 Å². The number of nitrogens with one attached hydrogen (secondary N) is 1. The average Bonchev–Trinajstić information content (AvgIpc) is 2.39. The van der Waals surface area contributed by atoms with Crippen LogP contribution in [0.25, 0.3) is 0 Å². The van der Waals surface area contributed by atoms with Crippen molar-refractivity contribution in [3.8, 4) is 6.07 Å². The lowest BCUT2D eigenvalue weighted by Gasteiger charge is -2.32. The minimum absolute atomic E-state index is 0.0134. The fourth-order valence-corrected chi connectivity index (χ4v) is 2.50. The molecule has 1 aliphatic heterocycles. The molecular formula is C14H17N3O2. The molecule has 0 aliphatic carbocycles. The molecule has 1 amide bonds. The van der Waals surface area contributed by atoms with E-state index in [1.165, 1.54) is 0 Å². The van der Waals surface area contributed by atoms with E-state index in [0.717, 1.165) is 24.9 Å². The molecule has 2 rings (SSSR count). The van der Waals surface area contributed by atoms with Crippen molar-refractivity contribution in [1.82, 2.24) is 10.2 Å². The van der Waals surface area contributed by atoms with Gasteiger partial charge in [0.25, 0.3) is 0 Å². The Morgan fingerprint density at radius 1 is 1.53 bits per heavy atom. The molecule has 0 radical (unpaired) electrons. The van der Waals surface area contributed by atoms with Crippen molar-refractivity contribution in [2.24, 2.45) is 0 Å². The molecule has 1 aliphatic rings. The molecule has 2 N–H and O–H groups in total. The summed E-state index contributed by atoms with van der Waals surface area (Å²) in [5, 5.41) is 20.3. The molecule has 100 valence electrons. The van der Waals surface area contributed by atoms with E-state index >= 15 is 0 Å². The molecule has 5 heteroatoms. The minimum Gasteiger partial charge on any atom is -0.465 e. The molecule has 0 bridgehead atoms. The SMILES string of the molecule is N#Cc1ccccc1CN1CCC[C@@H](NC(=O)O)C1. The van der Waals surface area contributed by atoms with Crippen LogP contribution >= 0.6 is 0 Å². The standard InChI is InChI=1S/C14H17N3O2/c15-8-11-4-1-2-5-12(11)9-17-7-3-6-13(10-17)16-14(18)19/h1-2,4-5,13,16H,3,6-7,9-10H2,(H,18,19)/t13-/m1/s1. The quantitative estimate of drug-likeness (QED) is 0.867. The van der Waals surface area contributed by atoms with E-state index in [1.54, 1.807) is 0 Å². The summed E-state index contributed by atoms with van der Waals surface area (Å²) in [5.74, 6) is 0. The smallest absolute Gasteiger partial charge is 0.404 e. The van der Waals surface area contributed by atoms with Gasteiger partial charge in [-0.3, -0.25) is 4.90 Å². The van der Waals surface area contributed by atoms with Crippen molar-refractivity contribution < 1.29 is 9.90 Å². The van der Waals surface area contributed by atoms with Crippen molar-refractivity contribution in [3.05, 3.63) is 35.4 Å². The van der Waals surface area contributed by atoms with Gasteiger partial charge in [0.2, 0.25) is 0 Å². The van der Waals surface area contributed by atoms with Gasteiger partial charge >= 0.3 is 6.09 Å². The first kappa shape index (κ1) is 13.4. The number of hydrogen-bond acceptors (Lipinski definition) is 3. The Morgan fingerprint density at radius 2 is 2.32 bits per heavy atom. The van der Waals surface area contributed by atoms with E-state index in [9.17, 15) is 4.79 Å². The first-order valence-electron chi connectivity index (χ1n) is 6.39. The Kier molecular flexibility index (Phi) is 4.37. The van der Waals surface area contributed by atoms with Gasteiger partial charge in [-0.2, -0.15) is 5.26 Å². The molecule has 1 saturated heterocycles. The molecule has 1 aromatic carbocycles. The third-order valence-corrected chi connectivity index (χ3v) is 3.36. The highest BCUT2D eigenvalue weighted by atomic mass is 16.4. The Morgan fingerprint density at radius 3 is 3.05 bits per heavy atom. The van der Waals surface area contributed by atoms with Crippen molar-refractivity contribution >= 4 is 6.09 Å². The predicted octanol–water partition coefficient (Wildman–Crippen LogP) is 1.79. The second-order valence-corrected chi connectivity index (χ2v) is 4.79. The third-order valence-electron chi connectivity index (χ3n) is 3.36. The van der Waals surface area contributed by atoms with Crippen LogP contribution < -0.4 is 5.32 Å². The molecule has 0 spiro atoms. The Hall–Kier alpha value is -2.06. The van der Waals surface area contributed by atoms with Gasteiger partial charge in [0.05, 0.1) is 11.6 Å². The highest BCUT2D eigenvalue weighted by Gasteiger charge is 2.21. The van der Waals surface area contributed by atoms with Gasteiger partial charge in [0, 0.05) is 19.1 Å². The van der Waals surface area contributed by atoms with Crippen LogP contribution in [0, 0.1) is 11.3 Å². The summed E-state index contributed by atoms with van der Waals surface area (Å²) < 4.78 is 0. The van der Waals surface area contributed by atoms with Crippen LogP contribution in [-0.4, -0.2) is 35.2 Å². The Balaban J connectivity index is 1.99. The van der Waals surface area contributed by atoms with E-state index < -0.39 is 6.09 Å². The van der Waals surface area contributed by atoms with Crippen LogP contribution in [0.15, 0.2) is 24.3 Å². The molecule has 0 saturated carbocycles. The Labute approximate surface area is 112 Å². The first-order chi connectivity index (χ1) is 9.19. The molecule has 0 aromatic heterocycles. The molecule has 1 atom stereocenters. The maximum absolute atomic E-state index is 10.7. The molecule has 19 heavy (non-hydrogen) atoms. The molecule has 1 aromatic rings. The van der Waals surface area contributed by atoms with Crippen LogP contribution in [0.5, 0.6) is 0 Å². The van der Waals surface area contributed by atoms with Crippen LogP contribution in [0.3, 0.4) is 0 Å². The van der Waals surface area contributed by atoms with Gasteiger partial charge in [-0.05, 0) is 31.0 Å². The third kappa shape index (κ3) is 3.70. The fourth-order valence-electron chi connectivity index (χ4n) is 2.50. The predicted molar refractivity (Wildman–Crippen MR) is 70.6 cm³/mol. The minimum atomic E-state index is -0.968. The molecular weight excluding hydrogens is 242 g/mol. The molecule has 0 unspecified atom stereocenters. The zero-order valence-corrected chi connectivity index (χ0v) is 10.7. The van der Waals surface area contributed by atoms with Gasteiger partial charge in [0.15, 0.2) is 0 Å². The summed E-state index contributed by atoms with van der Waals surface area (Å²) >= 11 is 0. The number of nitrogens with zero attached hydrogens (tertiary/aromatic N) is 2. The number of nitriles is 1. The lowest BCUT2D eigenvalue weighted by Crippen LogP contribution is -2.47. The summed E-state index contributed by atoms with van der Waals surface area (Å²) in [6.07, 6.45) is 0.881. The van der Waals surface area contributed by atoms with E-state index in [1.807, 2.05) is 24.3 Å². The van der Waals surface area contributed by atoms with Gasteiger partial charge in [-0.1, -0.05) is 18.2 Å². The largest absolute Gasteiger partial charge is 0.465 e. The zero-order chi connectivity index (χ0) is 13.7. The number of likely N-dealkylation sites (tertiary alicyclic amines) is 1. The van der Waals surface area contributed by atoms with Crippen LogP contribution in [-0.2, 0) is 6.54 Å². The number of piperidine rings is 1. The van der Waals surface area contributed by atoms with Gasteiger partial charge < -0.3 is 10.4 Å². The second kappa shape index (κ2) is 6.21. The van der Waals surface area contributed by atoms with E-state index in [2.05, 4.69) is 16.3 Å². The second-order valence-electron chi connectivity index (χ2n) is 4.79. The number of hydrogen-bond donors (Lipinski definition) is 2. The molecule has 1 fully saturated rings. The van der Waals surface area contributed by atoms with E-state index in [0.29, 0.717) is 18.7 Å². The number of carbonyl (C=O) groups is 1. The van der Waals surface area contributed by atoms with Crippen molar-refractivity contribution in [3.63, 3.8) is 0 Å². The van der Waals surface area contributed by atoms with Crippen LogP contribution in [0.1, 0.15) is 24.0 Å². The van der Waals surface area contributed by atoms with E-state index in [4.69, 9.17) is 10.4 Å². The number of carboxylic acid groups (broad SMARTS) is 1. The molecule has 1 heterocycles.